The zero-order valence-electron chi connectivity index (χ0n) is 25.4. The number of benzene rings is 2. The summed E-state index contributed by atoms with van der Waals surface area (Å²) < 4.78 is 12.5. The number of aryl methyl sites for hydroxylation is 1. The van der Waals surface area contributed by atoms with Crippen LogP contribution in [-0.4, -0.2) is 70.8 Å². The Labute approximate surface area is 264 Å². The number of nitrogens with zero attached hydrogens (tertiary/aromatic N) is 2. The molecule has 9 heteroatoms. The third-order valence-electron chi connectivity index (χ3n) is 9.45. The molecule has 3 saturated heterocycles. The van der Waals surface area contributed by atoms with Crippen molar-refractivity contribution in [1.82, 2.24) is 4.90 Å². The Kier molecular flexibility index (Phi) is 9.35. The van der Waals surface area contributed by atoms with E-state index in [2.05, 4.69) is 13.2 Å². The summed E-state index contributed by atoms with van der Waals surface area (Å²) >= 11 is 6.67. The lowest BCUT2D eigenvalue weighted by molar-refractivity contribution is -0.160. The van der Waals surface area contributed by atoms with Gasteiger partial charge in [0.2, 0.25) is 5.91 Å². The number of ether oxygens (including phenoxy) is 2. The molecule has 3 aliphatic heterocycles. The molecule has 5 rings (SSSR count). The van der Waals surface area contributed by atoms with Gasteiger partial charge >= 0.3 is 5.97 Å². The summed E-state index contributed by atoms with van der Waals surface area (Å²) in [4.78, 5) is 46.3. The molecule has 2 unspecified atom stereocenters. The van der Waals surface area contributed by atoms with Gasteiger partial charge in [-0.1, -0.05) is 66.2 Å². The lowest BCUT2D eigenvalue weighted by Gasteiger charge is -2.40. The van der Waals surface area contributed by atoms with E-state index >= 15 is 0 Å². The number of allylic oxidation sites excluding steroid dienone is 1. The van der Waals surface area contributed by atoms with E-state index in [4.69, 9.17) is 21.1 Å². The van der Waals surface area contributed by atoms with E-state index in [0.29, 0.717) is 42.8 Å². The Morgan fingerprint density at radius 2 is 1.93 bits per heavy atom. The fourth-order valence-corrected chi connectivity index (χ4v) is 7.88. The van der Waals surface area contributed by atoms with Crippen LogP contribution in [0.1, 0.15) is 43.7 Å². The number of hydrogen-bond donors (Lipinski definition) is 1. The maximum atomic E-state index is 15.0. The number of carbonyl (C=O) groups is 3. The second kappa shape index (κ2) is 12.9. The zero-order chi connectivity index (χ0) is 31.6. The van der Waals surface area contributed by atoms with E-state index in [1.165, 1.54) is 4.90 Å². The monoisotopic (exact) mass is 620 g/mol. The van der Waals surface area contributed by atoms with Crippen molar-refractivity contribution in [3.8, 4) is 0 Å². The number of para-hydroxylation sites is 1. The van der Waals surface area contributed by atoms with Gasteiger partial charge in [0.25, 0.3) is 5.91 Å². The molecule has 2 aromatic rings. The molecule has 2 amide bonds. The van der Waals surface area contributed by atoms with Crippen molar-refractivity contribution in [3.05, 3.63) is 90.0 Å². The van der Waals surface area contributed by atoms with E-state index in [9.17, 15) is 19.5 Å². The van der Waals surface area contributed by atoms with Crippen molar-refractivity contribution in [2.24, 2.45) is 11.8 Å². The summed E-state index contributed by atoms with van der Waals surface area (Å²) in [5.41, 5.74) is -0.0534. The van der Waals surface area contributed by atoms with Crippen molar-refractivity contribution in [3.63, 3.8) is 0 Å². The first-order valence-electron chi connectivity index (χ1n) is 15.3. The maximum Gasteiger partial charge on any atom is 0.312 e. The minimum Gasteiger partial charge on any atom is -0.465 e. The molecule has 3 fully saturated rings. The standard InChI is InChI=1S/C35H41ClN2O6/c1-5-7-11-20-43-33(42)28-27-31(40)38(25(22-39)21-24-14-9-8-10-15-24)30(35(27)18-17-34(28,4)44-35)32(41)37(19-6-2)29-23(3)13-12-16-26(29)36/h5-6,8-10,12-16,25,27-28,30,39H,1-2,7,11,17-22H2,3-4H3/t25-,27+,28-,30?,34+,35?/m1/s1. The maximum absolute atomic E-state index is 15.0. The molecule has 2 bridgehead atoms. The molecule has 1 N–H and O–H groups in total. The van der Waals surface area contributed by atoms with Gasteiger partial charge < -0.3 is 24.4 Å². The SMILES string of the molecule is C=CCCCOC(=O)[C@H]1[C@H]2C(=O)N([C@@H](CO)Cc3ccccc3)C(C(=O)N(CC=C)c3c(C)cccc3Cl)C23CC[C@]1(C)O3. The van der Waals surface area contributed by atoms with Gasteiger partial charge in [-0.05, 0) is 63.1 Å². The van der Waals surface area contributed by atoms with Crippen LogP contribution in [0.5, 0.6) is 0 Å². The summed E-state index contributed by atoms with van der Waals surface area (Å²) in [6.07, 6.45) is 5.89. The smallest absolute Gasteiger partial charge is 0.312 e. The van der Waals surface area contributed by atoms with Crippen molar-refractivity contribution in [2.75, 3.05) is 24.7 Å². The molecule has 44 heavy (non-hydrogen) atoms. The van der Waals surface area contributed by atoms with Gasteiger partial charge in [0.05, 0.1) is 41.5 Å². The third kappa shape index (κ3) is 5.37. The predicted molar refractivity (Wildman–Crippen MR) is 169 cm³/mol. The first kappa shape index (κ1) is 31.9. The normalized spacial score (nSPS) is 27.6. The Morgan fingerprint density at radius 3 is 2.59 bits per heavy atom. The Morgan fingerprint density at radius 1 is 1.18 bits per heavy atom. The van der Waals surface area contributed by atoms with Crippen LogP contribution < -0.4 is 4.90 Å². The van der Waals surface area contributed by atoms with E-state index in [1.807, 2.05) is 56.3 Å². The van der Waals surface area contributed by atoms with Gasteiger partial charge in [0, 0.05) is 6.54 Å². The van der Waals surface area contributed by atoms with Crippen molar-refractivity contribution in [2.45, 2.75) is 69.2 Å². The number of rotatable bonds is 13. The van der Waals surface area contributed by atoms with Gasteiger partial charge in [-0.3, -0.25) is 14.4 Å². The number of unbranched alkanes of at least 4 members (excludes halogenated alkanes) is 1. The van der Waals surface area contributed by atoms with Crippen LogP contribution in [0, 0.1) is 18.8 Å². The number of halogens is 1. The first-order chi connectivity index (χ1) is 21.1. The van der Waals surface area contributed by atoms with Gasteiger partial charge in [0.15, 0.2) is 0 Å². The molecule has 2 aromatic carbocycles. The molecule has 8 nitrogen and oxygen atoms in total. The van der Waals surface area contributed by atoms with Crippen LogP contribution in [-0.2, 0) is 30.3 Å². The van der Waals surface area contributed by atoms with E-state index in [0.717, 1.165) is 11.1 Å². The molecule has 0 aliphatic carbocycles. The van der Waals surface area contributed by atoms with E-state index in [1.54, 1.807) is 23.1 Å². The van der Waals surface area contributed by atoms with Crippen LogP contribution >= 0.6 is 11.6 Å². The highest BCUT2D eigenvalue weighted by atomic mass is 35.5. The number of aliphatic hydroxyl groups is 1. The molecule has 0 saturated carbocycles. The van der Waals surface area contributed by atoms with Crippen LogP contribution in [0.4, 0.5) is 5.69 Å². The summed E-state index contributed by atoms with van der Waals surface area (Å²) in [5.74, 6) is -3.11. The van der Waals surface area contributed by atoms with Gasteiger partial charge in [-0.15, -0.1) is 13.2 Å². The Bertz CT molecular complexity index is 1410. The fourth-order valence-electron chi connectivity index (χ4n) is 7.55. The molecular formula is C35H41ClN2O6. The largest absolute Gasteiger partial charge is 0.465 e. The second-order valence-corrected chi connectivity index (χ2v) is 12.6. The Hall–Kier alpha value is -3.46. The molecule has 3 heterocycles. The molecule has 0 radical (unpaired) electrons. The quantitative estimate of drug-likeness (QED) is 0.191. The average Bonchev–Trinajstić information content (AvgIpc) is 3.58. The number of hydrogen-bond acceptors (Lipinski definition) is 6. The lowest BCUT2D eigenvalue weighted by Crippen LogP contribution is -2.59. The van der Waals surface area contributed by atoms with Gasteiger partial charge in [-0.2, -0.15) is 0 Å². The molecular weight excluding hydrogens is 580 g/mol. The predicted octanol–water partition coefficient (Wildman–Crippen LogP) is 5.05. The fraction of sp³-hybridized carbons (Fsp3) is 0.457. The number of aliphatic hydroxyl groups excluding tert-OH is 1. The first-order valence-corrected chi connectivity index (χ1v) is 15.6. The Balaban J connectivity index is 1.61. The lowest BCUT2D eigenvalue weighted by atomic mass is 9.66. The minimum absolute atomic E-state index is 0.136. The minimum atomic E-state index is -1.29. The van der Waals surface area contributed by atoms with Crippen LogP contribution in [0.2, 0.25) is 5.02 Å². The number of amides is 2. The van der Waals surface area contributed by atoms with Crippen LogP contribution in [0.3, 0.4) is 0 Å². The highest BCUT2D eigenvalue weighted by Gasteiger charge is 2.79. The summed E-state index contributed by atoms with van der Waals surface area (Å²) in [7, 11) is 0. The number of esters is 1. The van der Waals surface area contributed by atoms with E-state index in [-0.39, 0.29) is 25.7 Å². The highest BCUT2D eigenvalue weighted by Crippen LogP contribution is 2.64. The van der Waals surface area contributed by atoms with E-state index < -0.39 is 47.0 Å². The average molecular weight is 621 g/mol. The molecule has 234 valence electrons. The van der Waals surface area contributed by atoms with Crippen LogP contribution in [0.25, 0.3) is 0 Å². The van der Waals surface area contributed by atoms with Gasteiger partial charge in [0.1, 0.15) is 17.6 Å². The molecule has 1 spiro atoms. The second-order valence-electron chi connectivity index (χ2n) is 12.2. The third-order valence-corrected chi connectivity index (χ3v) is 9.76. The van der Waals surface area contributed by atoms with Crippen molar-refractivity contribution >= 4 is 35.1 Å². The summed E-state index contributed by atoms with van der Waals surface area (Å²) in [6, 6.07) is 13.1. The summed E-state index contributed by atoms with van der Waals surface area (Å²) in [5, 5.41) is 11.1. The van der Waals surface area contributed by atoms with Gasteiger partial charge in [-0.25, -0.2) is 0 Å². The molecule has 0 aromatic heterocycles. The van der Waals surface area contributed by atoms with Crippen molar-refractivity contribution in [1.29, 1.82) is 0 Å². The molecule has 6 atom stereocenters. The molecule has 3 aliphatic rings. The topological polar surface area (TPSA) is 96.4 Å². The number of likely N-dealkylation sites (tertiary alicyclic amines) is 1. The number of anilines is 1. The van der Waals surface area contributed by atoms with Crippen molar-refractivity contribution < 1.29 is 29.0 Å². The van der Waals surface area contributed by atoms with Crippen LogP contribution in [0.15, 0.2) is 73.8 Å². The number of carbonyl (C=O) groups excluding carboxylic acids is 3. The summed E-state index contributed by atoms with van der Waals surface area (Å²) in [6.45, 7) is 11.3. The highest BCUT2D eigenvalue weighted by molar-refractivity contribution is 6.34. The number of fused-ring (bicyclic) bond motifs is 1. The zero-order valence-corrected chi connectivity index (χ0v) is 26.2.